The maximum Gasteiger partial charge on any atom is 0.412 e. The number of hydrogen-bond acceptors (Lipinski definition) is 4. The van der Waals surface area contributed by atoms with E-state index in [-0.39, 0.29) is 5.75 Å². The molecule has 1 aromatic rings. The van der Waals surface area contributed by atoms with Crippen LogP contribution in [0.4, 0.5) is 10.5 Å². The Morgan fingerprint density at radius 3 is 2.75 bits per heavy atom. The Kier molecular flexibility index (Phi) is 5.39. The number of benzene rings is 1. The summed E-state index contributed by atoms with van der Waals surface area (Å²) in [4.78, 5) is 11.7. The molecule has 0 saturated heterocycles. The van der Waals surface area contributed by atoms with Gasteiger partial charge in [-0.3, -0.25) is 5.32 Å². The molecule has 1 rings (SSSR count). The molecule has 0 aliphatic heterocycles. The monoisotopic (exact) mass is 276 g/mol. The maximum atomic E-state index is 11.7. The van der Waals surface area contributed by atoms with Crippen molar-refractivity contribution < 1.29 is 14.6 Å². The van der Waals surface area contributed by atoms with Gasteiger partial charge in [0.05, 0.1) is 11.8 Å². The number of phenolic OH excluding ortho intramolecular Hbond substituents is 1. The molecule has 0 saturated carbocycles. The molecule has 20 heavy (non-hydrogen) atoms. The fourth-order valence-corrected chi connectivity index (χ4v) is 1.67. The van der Waals surface area contributed by atoms with Crippen LogP contribution in [0.5, 0.6) is 5.75 Å². The van der Waals surface area contributed by atoms with Gasteiger partial charge in [-0.15, -0.1) is 0 Å². The van der Waals surface area contributed by atoms with Gasteiger partial charge in [0.25, 0.3) is 0 Å². The van der Waals surface area contributed by atoms with E-state index < -0.39 is 11.7 Å². The molecular weight excluding hydrogens is 256 g/mol. The van der Waals surface area contributed by atoms with E-state index >= 15 is 0 Å². The quantitative estimate of drug-likeness (QED) is 0.650. The first-order chi connectivity index (χ1) is 9.33. The van der Waals surface area contributed by atoms with Gasteiger partial charge in [-0.2, -0.15) is 5.26 Å². The molecule has 5 heteroatoms. The van der Waals surface area contributed by atoms with E-state index in [2.05, 4.69) is 11.4 Å². The molecule has 0 aromatic heterocycles. The largest absolute Gasteiger partial charge is 0.505 e. The highest BCUT2D eigenvalue weighted by Gasteiger charge is 2.17. The van der Waals surface area contributed by atoms with Crippen LogP contribution in [0.25, 0.3) is 0 Å². The standard InChI is InChI=1S/C15H20N2O3/c1-15(2,3)20-14(19)17-12-9-6-8-11(13(12)18)7-4-5-10-16/h6,8-9,18H,4-5,7H2,1-3H3,(H,17,19). The predicted molar refractivity (Wildman–Crippen MR) is 76.5 cm³/mol. The summed E-state index contributed by atoms with van der Waals surface area (Å²) in [5.41, 5.74) is 0.423. The van der Waals surface area contributed by atoms with Crippen LogP contribution in [0.3, 0.4) is 0 Å². The van der Waals surface area contributed by atoms with E-state index in [1.54, 1.807) is 39.0 Å². The van der Waals surface area contributed by atoms with Gasteiger partial charge in [0.2, 0.25) is 0 Å². The molecule has 0 aliphatic rings. The molecule has 1 aromatic carbocycles. The van der Waals surface area contributed by atoms with Crippen LogP contribution in [0, 0.1) is 11.3 Å². The number of amides is 1. The van der Waals surface area contributed by atoms with Crippen LogP contribution in [-0.2, 0) is 11.2 Å². The number of nitrogens with zero attached hydrogens (tertiary/aromatic N) is 1. The molecule has 5 nitrogen and oxygen atoms in total. The van der Waals surface area contributed by atoms with Crippen LogP contribution in [0.2, 0.25) is 0 Å². The number of unbranched alkanes of at least 4 members (excludes halogenated alkanes) is 1. The van der Waals surface area contributed by atoms with E-state index in [0.717, 1.165) is 0 Å². The Balaban J connectivity index is 2.74. The Morgan fingerprint density at radius 1 is 1.45 bits per heavy atom. The third-order valence-electron chi connectivity index (χ3n) is 2.49. The number of carbonyl (C=O) groups is 1. The molecular formula is C15H20N2O3. The molecule has 1 amide bonds. The lowest BCUT2D eigenvalue weighted by atomic mass is 10.1. The number of nitriles is 1. The molecule has 0 fully saturated rings. The number of hydrogen-bond donors (Lipinski definition) is 2. The zero-order chi connectivity index (χ0) is 15.2. The fraction of sp³-hybridized carbons (Fsp3) is 0.467. The van der Waals surface area contributed by atoms with Crippen molar-refractivity contribution in [2.24, 2.45) is 0 Å². The van der Waals surface area contributed by atoms with Crippen molar-refractivity contribution in [1.29, 1.82) is 5.26 Å². The van der Waals surface area contributed by atoms with E-state index in [0.29, 0.717) is 30.5 Å². The topological polar surface area (TPSA) is 82.3 Å². The molecule has 108 valence electrons. The van der Waals surface area contributed by atoms with E-state index in [1.165, 1.54) is 0 Å². The summed E-state index contributed by atoms with van der Waals surface area (Å²) in [7, 11) is 0. The minimum Gasteiger partial charge on any atom is -0.505 e. The second-order valence-electron chi connectivity index (χ2n) is 5.45. The zero-order valence-electron chi connectivity index (χ0n) is 12.1. The van der Waals surface area contributed by atoms with Crippen molar-refractivity contribution in [2.45, 2.75) is 45.6 Å². The first-order valence-corrected chi connectivity index (χ1v) is 6.51. The molecule has 0 aliphatic carbocycles. The summed E-state index contributed by atoms with van der Waals surface area (Å²) in [5, 5.41) is 21.1. The van der Waals surface area contributed by atoms with Gasteiger partial charge in [0.15, 0.2) is 0 Å². The van der Waals surface area contributed by atoms with Crippen LogP contribution >= 0.6 is 0 Å². The molecule has 0 radical (unpaired) electrons. The fourth-order valence-electron chi connectivity index (χ4n) is 1.67. The minimum absolute atomic E-state index is 0.0244. The van der Waals surface area contributed by atoms with Gasteiger partial charge in [0.1, 0.15) is 11.4 Å². The lowest BCUT2D eigenvalue weighted by molar-refractivity contribution is 0.0635. The first-order valence-electron chi connectivity index (χ1n) is 6.51. The third-order valence-corrected chi connectivity index (χ3v) is 2.49. The summed E-state index contributed by atoms with van der Waals surface area (Å²) < 4.78 is 5.13. The summed E-state index contributed by atoms with van der Waals surface area (Å²) in [6.07, 6.45) is 1.08. The predicted octanol–water partition coefficient (Wildman–Crippen LogP) is 3.59. The molecule has 0 unspecified atom stereocenters. The average molecular weight is 276 g/mol. The van der Waals surface area contributed by atoms with Crippen LogP contribution in [0.15, 0.2) is 18.2 Å². The summed E-state index contributed by atoms with van der Waals surface area (Å²) >= 11 is 0. The number of para-hydroxylation sites is 1. The van der Waals surface area contributed by atoms with E-state index in [9.17, 15) is 9.90 Å². The highest BCUT2D eigenvalue weighted by Crippen LogP contribution is 2.29. The molecule has 0 atom stereocenters. The van der Waals surface area contributed by atoms with Crippen molar-refractivity contribution in [1.82, 2.24) is 0 Å². The number of phenols is 1. The van der Waals surface area contributed by atoms with Crippen molar-refractivity contribution in [3.8, 4) is 11.8 Å². The van der Waals surface area contributed by atoms with Crippen LogP contribution in [-0.4, -0.2) is 16.8 Å². The average Bonchev–Trinajstić information content (AvgIpc) is 2.31. The van der Waals surface area contributed by atoms with E-state index in [1.807, 2.05) is 0 Å². The van der Waals surface area contributed by atoms with Gasteiger partial charge in [-0.1, -0.05) is 12.1 Å². The summed E-state index contributed by atoms with van der Waals surface area (Å²) in [6, 6.07) is 7.18. The Morgan fingerprint density at radius 2 is 2.15 bits per heavy atom. The van der Waals surface area contributed by atoms with E-state index in [4.69, 9.17) is 10.00 Å². The van der Waals surface area contributed by atoms with Crippen molar-refractivity contribution in [3.63, 3.8) is 0 Å². The number of ether oxygens (including phenoxy) is 1. The minimum atomic E-state index is -0.609. The van der Waals surface area contributed by atoms with Crippen LogP contribution < -0.4 is 5.32 Å². The number of anilines is 1. The molecule has 0 bridgehead atoms. The Bertz CT molecular complexity index is 513. The van der Waals surface area contributed by atoms with Gasteiger partial charge in [0, 0.05) is 6.42 Å². The maximum absolute atomic E-state index is 11.7. The number of carbonyl (C=O) groups excluding carboxylic acids is 1. The summed E-state index contributed by atoms with van der Waals surface area (Å²) in [6.45, 7) is 5.31. The zero-order valence-corrected chi connectivity index (χ0v) is 12.1. The second kappa shape index (κ2) is 6.80. The highest BCUT2D eigenvalue weighted by atomic mass is 16.6. The smallest absolute Gasteiger partial charge is 0.412 e. The SMILES string of the molecule is CC(C)(C)OC(=O)Nc1cccc(CCCC#N)c1O. The lowest BCUT2D eigenvalue weighted by Gasteiger charge is -2.20. The number of rotatable bonds is 4. The number of nitrogens with one attached hydrogen (secondary N) is 1. The second-order valence-corrected chi connectivity index (χ2v) is 5.45. The van der Waals surface area contributed by atoms with Gasteiger partial charge < -0.3 is 9.84 Å². The van der Waals surface area contributed by atoms with Gasteiger partial charge >= 0.3 is 6.09 Å². The molecule has 2 N–H and O–H groups in total. The molecule has 0 heterocycles. The van der Waals surface area contributed by atoms with Crippen molar-refractivity contribution in [2.75, 3.05) is 5.32 Å². The Labute approximate surface area is 119 Å². The lowest BCUT2D eigenvalue weighted by Crippen LogP contribution is -2.27. The normalized spacial score (nSPS) is 10.7. The van der Waals surface area contributed by atoms with Crippen molar-refractivity contribution >= 4 is 11.8 Å². The van der Waals surface area contributed by atoms with Crippen LogP contribution in [0.1, 0.15) is 39.2 Å². The summed E-state index contributed by atoms with van der Waals surface area (Å²) in [5.74, 6) is 0.0244. The van der Waals surface area contributed by atoms with Gasteiger partial charge in [-0.25, -0.2) is 4.79 Å². The highest BCUT2D eigenvalue weighted by molar-refractivity contribution is 5.87. The van der Waals surface area contributed by atoms with Gasteiger partial charge in [-0.05, 0) is 45.2 Å². The number of aryl methyl sites for hydroxylation is 1. The first kappa shape index (κ1) is 15.8. The van der Waals surface area contributed by atoms with Crippen molar-refractivity contribution in [3.05, 3.63) is 23.8 Å². The molecule has 0 spiro atoms. The Hall–Kier alpha value is -2.22. The number of aromatic hydroxyl groups is 1. The third kappa shape index (κ3) is 5.19.